The van der Waals surface area contributed by atoms with Crippen molar-refractivity contribution in [3.8, 4) is 0 Å². The minimum atomic E-state index is -0.0684. The lowest BCUT2D eigenvalue weighted by atomic mass is 10.1. The Morgan fingerprint density at radius 1 is 1.47 bits per heavy atom. The van der Waals surface area contributed by atoms with Crippen molar-refractivity contribution in [3.05, 3.63) is 29.8 Å². The van der Waals surface area contributed by atoms with E-state index in [1.807, 2.05) is 12.1 Å². The summed E-state index contributed by atoms with van der Waals surface area (Å²) >= 11 is 0. The Morgan fingerprint density at radius 3 is 2.84 bits per heavy atom. The van der Waals surface area contributed by atoms with Crippen molar-refractivity contribution >= 4 is 11.6 Å². The van der Waals surface area contributed by atoms with E-state index in [0.717, 1.165) is 26.1 Å². The molecule has 19 heavy (non-hydrogen) atoms. The number of likely N-dealkylation sites (tertiary alicyclic amines) is 1. The average molecular weight is 261 g/mol. The van der Waals surface area contributed by atoms with E-state index in [1.54, 1.807) is 12.1 Å². The van der Waals surface area contributed by atoms with Crippen molar-refractivity contribution in [1.29, 1.82) is 0 Å². The molecular formula is C15H23N3O. The van der Waals surface area contributed by atoms with Gasteiger partial charge in [0.15, 0.2) is 0 Å². The summed E-state index contributed by atoms with van der Waals surface area (Å²) in [5, 5.41) is 3.00. The van der Waals surface area contributed by atoms with E-state index in [4.69, 9.17) is 5.73 Å². The number of nitrogens with two attached hydrogens (primary N) is 1. The first-order valence-corrected chi connectivity index (χ1v) is 6.94. The molecule has 1 amide bonds. The van der Waals surface area contributed by atoms with E-state index >= 15 is 0 Å². The van der Waals surface area contributed by atoms with E-state index in [0.29, 0.717) is 23.2 Å². The van der Waals surface area contributed by atoms with Gasteiger partial charge in [0.1, 0.15) is 0 Å². The number of amides is 1. The maximum Gasteiger partial charge on any atom is 0.253 e. The number of hydrogen-bond donors (Lipinski definition) is 2. The molecule has 1 saturated heterocycles. The Balaban J connectivity index is 1.84. The highest BCUT2D eigenvalue weighted by molar-refractivity contribution is 5.99. The van der Waals surface area contributed by atoms with Crippen LogP contribution in [0.3, 0.4) is 0 Å². The van der Waals surface area contributed by atoms with Gasteiger partial charge in [0, 0.05) is 24.8 Å². The first-order valence-electron chi connectivity index (χ1n) is 6.94. The molecule has 1 atom stereocenters. The number of nitrogens with zero attached hydrogens (tertiary/aromatic N) is 1. The largest absolute Gasteiger partial charge is 0.398 e. The molecule has 3 N–H and O–H groups in total. The van der Waals surface area contributed by atoms with Gasteiger partial charge >= 0.3 is 0 Å². The summed E-state index contributed by atoms with van der Waals surface area (Å²) in [7, 11) is 0. The van der Waals surface area contributed by atoms with Crippen LogP contribution < -0.4 is 11.1 Å². The summed E-state index contributed by atoms with van der Waals surface area (Å²) in [5.74, 6) is 0.484. The smallest absolute Gasteiger partial charge is 0.253 e. The van der Waals surface area contributed by atoms with Crippen molar-refractivity contribution in [2.45, 2.75) is 26.3 Å². The van der Waals surface area contributed by atoms with Crippen molar-refractivity contribution in [2.24, 2.45) is 5.92 Å². The first kappa shape index (κ1) is 13.9. The minimum absolute atomic E-state index is 0.0684. The van der Waals surface area contributed by atoms with Gasteiger partial charge < -0.3 is 16.0 Å². The van der Waals surface area contributed by atoms with Gasteiger partial charge in [0.25, 0.3) is 5.91 Å². The highest BCUT2D eigenvalue weighted by Gasteiger charge is 2.24. The second kappa shape index (κ2) is 6.06. The molecule has 1 aliphatic heterocycles. The van der Waals surface area contributed by atoms with E-state index in [9.17, 15) is 4.79 Å². The van der Waals surface area contributed by atoms with Crippen LogP contribution in [0.2, 0.25) is 0 Å². The third-order valence-corrected chi connectivity index (χ3v) is 3.80. The maximum absolute atomic E-state index is 12.0. The predicted octanol–water partition coefficient (Wildman–Crippen LogP) is 1.73. The summed E-state index contributed by atoms with van der Waals surface area (Å²) in [4.78, 5) is 14.5. The molecule has 0 aliphatic carbocycles. The van der Waals surface area contributed by atoms with Crippen molar-refractivity contribution in [1.82, 2.24) is 10.2 Å². The number of nitrogen functional groups attached to an aromatic ring is 1. The molecule has 1 heterocycles. The normalized spacial score (nSPS) is 19.8. The van der Waals surface area contributed by atoms with Gasteiger partial charge in [-0.15, -0.1) is 0 Å². The Bertz CT molecular complexity index is 445. The van der Waals surface area contributed by atoms with Gasteiger partial charge in [-0.3, -0.25) is 4.79 Å². The van der Waals surface area contributed by atoms with Crippen LogP contribution in [0, 0.1) is 5.92 Å². The standard InChI is InChI=1S/C15H23N3O/c1-11(2)18-8-7-12(10-18)9-17-15(19)13-5-3-4-6-14(13)16/h3-6,11-12H,7-10,16H2,1-2H3,(H,17,19). The van der Waals surface area contributed by atoms with Crippen molar-refractivity contribution in [2.75, 3.05) is 25.4 Å². The number of benzene rings is 1. The number of rotatable bonds is 4. The zero-order chi connectivity index (χ0) is 13.8. The van der Waals surface area contributed by atoms with E-state index in [2.05, 4.69) is 24.1 Å². The third kappa shape index (κ3) is 3.47. The van der Waals surface area contributed by atoms with Gasteiger partial charge in [-0.1, -0.05) is 12.1 Å². The van der Waals surface area contributed by atoms with Crippen LogP contribution in [0.4, 0.5) is 5.69 Å². The molecule has 4 nitrogen and oxygen atoms in total. The fourth-order valence-electron chi connectivity index (χ4n) is 2.53. The highest BCUT2D eigenvalue weighted by Crippen LogP contribution is 2.18. The molecular weight excluding hydrogens is 238 g/mol. The fourth-order valence-corrected chi connectivity index (χ4v) is 2.53. The summed E-state index contributed by atoms with van der Waals surface area (Å²) in [6, 6.07) is 7.78. The van der Waals surface area contributed by atoms with Crippen LogP contribution in [-0.4, -0.2) is 36.5 Å². The third-order valence-electron chi connectivity index (χ3n) is 3.80. The van der Waals surface area contributed by atoms with Crippen LogP contribution >= 0.6 is 0 Å². The summed E-state index contributed by atoms with van der Waals surface area (Å²) in [5.41, 5.74) is 6.91. The molecule has 0 bridgehead atoms. The zero-order valence-corrected chi connectivity index (χ0v) is 11.7. The van der Waals surface area contributed by atoms with Crippen LogP contribution in [0.1, 0.15) is 30.6 Å². The van der Waals surface area contributed by atoms with Crippen LogP contribution in [0.15, 0.2) is 24.3 Å². The highest BCUT2D eigenvalue weighted by atomic mass is 16.1. The maximum atomic E-state index is 12.0. The molecule has 1 unspecified atom stereocenters. The monoisotopic (exact) mass is 261 g/mol. The van der Waals surface area contributed by atoms with Crippen molar-refractivity contribution in [3.63, 3.8) is 0 Å². The van der Waals surface area contributed by atoms with Gasteiger partial charge in [-0.25, -0.2) is 0 Å². The van der Waals surface area contributed by atoms with E-state index < -0.39 is 0 Å². The van der Waals surface area contributed by atoms with Crippen molar-refractivity contribution < 1.29 is 4.79 Å². The first-order chi connectivity index (χ1) is 9.08. The molecule has 2 rings (SSSR count). The molecule has 1 aromatic rings. The second-order valence-electron chi connectivity index (χ2n) is 5.54. The molecule has 0 spiro atoms. The number of anilines is 1. The molecule has 104 valence electrons. The Morgan fingerprint density at radius 2 is 2.21 bits per heavy atom. The van der Waals surface area contributed by atoms with Gasteiger partial charge in [0.05, 0.1) is 5.56 Å². The van der Waals surface area contributed by atoms with Crippen LogP contribution in [0.25, 0.3) is 0 Å². The molecule has 1 aliphatic rings. The lowest BCUT2D eigenvalue weighted by Gasteiger charge is -2.20. The van der Waals surface area contributed by atoms with Gasteiger partial charge in [-0.2, -0.15) is 0 Å². The van der Waals surface area contributed by atoms with Crippen LogP contribution in [0.5, 0.6) is 0 Å². The summed E-state index contributed by atoms with van der Waals surface area (Å²) in [6.45, 7) is 7.36. The zero-order valence-electron chi connectivity index (χ0n) is 11.7. The molecule has 1 aromatic carbocycles. The topological polar surface area (TPSA) is 58.4 Å². The Hall–Kier alpha value is -1.55. The quantitative estimate of drug-likeness (QED) is 0.812. The number of carbonyl (C=O) groups excluding carboxylic acids is 1. The minimum Gasteiger partial charge on any atom is -0.398 e. The lowest BCUT2D eigenvalue weighted by molar-refractivity contribution is 0.0948. The average Bonchev–Trinajstić information content (AvgIpc) is 2.85. The van der Waals surface area contributed by atoms with E-state index in [-0.39, 0.29) is 5.91 Å². The molecule has 0 radical (unpaired) electrons. The Kier molecular flexibility index (Phi) is 4.43. The summed E-state index contributed by atoms with van der Waals surface area (Å²) in [6.07, 6.45) is 1.16. The van der Waals surface area contributed by atoms with E-state index in [1.165, 1.54) is 0 Å². The van der Waals surface area contributed by atoms with Gasteiger partial charge in [0.2, 0.25) is 0 Å². The van der Waals surface area contributed by atoms with Gasteiger partial charge in [-0.05, 0) is 44.9 Å². The molecule has 0 aromatic heterocycles. The number of hydrogen-bond acceptors (Lipinski definition) is 3. The molecule has 1 fully saturated rings. The molecule has 0 saturated carbocycles. The summed E-state index contributed by atoms with van der Waals surface area (Å²) < 4.78 is 0. The number of nitrogens with one attached hydrogen (secondary N) is 1. The Labute approximate surface area is 115 Å². The number of para-hydroxylation sites is 1. The predicted molar refractivity (Wildman–Crippen MR) is 78.0 cm³/mol. The number of carbonyl (C=O) groups is 1. The second-order valence-corrected chi connectivity index (χ2v) is 5.54. The SMILES string of the molecule is CC(C)N1CCC(CNC(=O)c2ccccc2N)C1. The lowest BCUT2D eigenvalue weighted by Crippen LogP contribution is -2.33. The van der Waals surface area contributed by atoms with Crippen LogP contribution in [-0.2, 0) is 0 Å². The molecule has 4 heteroatoms. The fraction of sp³-hybridized carbons (Fsp3) is 0.533.